The normalized spacial score (nSPS) is 15.0. The average molecular weight is 434 g/mol. The van der Waals surface area contributed by atoms with E-state index < -0.39 is 17.9 Å². The van der Waals surface area contributed by atoms with Crippen LogP contribution in [0.3, 0.4) is 0 Å². The lowest BCUT2D eigenvalue weighted by molar-refractivity contribution is -0.147. The predicted octanol–water partition coefficient (Wildman–Crippen LogP) is 3.42. The van der Waals surface area contributed by atoms with Gasteiger partial charge in [0, 0.05) is 11.5 Å². The van der Waals surface area contributed by atoms with Crippen LogP contribution in [0.5, 0.6) is 0 Å². The smallest absolute Gasteiger partial charge is 0.328 e. The number of ether oxygens (including phenoxy) is 1. The molecule has 167 valence electrons. The van der Waals surface area contributed by atoms with Crippen LogP contribution in [0.2, 0.25) is 0 Å². The summed E-state index contributed by atoms with van der Waals surface area (Å²) in [5.41, 5.74) is 1.59. The maximum atomic E-state index is 12.6. The number of benzene rings is 2. The molecule has 0 heterocycles. The van der Waals surface area contributed by atoms with Gasteiger partial charge in [-0.05, 0) is 73.4 Å². The van der Waals surface area contributed by atoms with Crippen LogP contribution in [0.25, 0.3) is 10.8 Å². The van der Waals surface area contributed by atoms with E-state index in [0.29, 0.717) is 12.0 Å². The van der Waals surface area contributed by atoms with Crippen LogP contribution in [-0.2, 0) is 14.3 Å². The SMILES string of the molecule is CCOC(=O)[C@H](CC(C)C)NC(=O)CNC(=O)c1ccc2cc([C]3[CH][CH][CH][CH]3)ccc2c1. The first-order valence-corrected chi connectivity index (χ1v) is 10.9. The summed E-state index contributed by atoms with van der Waals surface area (Å²) in [7, 11) is 0. The molecule has 0 bridgehead atoms. The Labute approximate surface area is 190 Å². The van der Waals surface area contributed by atoms with Gasteiger partial charge in [0.1, 0.15) is 6.04 Å². The number of carbonyl (C=O) groups is 3. The van der Waals surface area contributed by atoms with Crippen molar-refractivity contribution < 1.29 is 19.1 Å². The largest absolute Gasteiger partial charge is 0.464 e. The Balaban J connectivity index is 1.59. The monoisotopic (exact) mass is 433 g/mol. The van der Waals surface area contributed by atoms with Crippen molar-refractivity contribution in [2.45, 2.75) is 33.2 Å². The molecule has 1 aliphatic carbocycles. The highest BCUT2D eigenvalue weighted by Crippen LogP contribution is 2.31. The molecule has 2 aromatic rings. The molecule has 0 aliphatic heterocycles. The molecule has 32 heavy (non-hydrogen) atoms. The molecule has 0 spiro atoms. The third-order valence-electron chi connectivity index (χ3n) is 5.12. The molecule has 0 unspecified atom stereocenters. The van der Waals surface area contributed by atoms with Crippen LogP contribution in [0, 0.1) is 37.5 Å². The molecule has 3 rings (SSSR count). The Kier molecular flexibility index (Phi) is 8.26. The Morgan fingerprint density at radius 3 is 2.34 bits per heavy atom. The van der Waals surface area contributed by atoms with Crippen LogP contribution in [0.1, 0.15) is 43.1 Å². The number of nitrogens with one attached hydrogen (secondary N) is 2. The van der Waals surface area contributed by atoms with Gasteiger partial charge in [-0.15, -0.1) is 0 Å². The van der Waals surface area contributed by atoms with Crippen molar-refractivity contribution in [1.82, 2.24) is 10.6 Å². The van der Waals surface area contributed by atoms with Crippen molar-refractivity contribution in [2.75, 3.05) is 13.2 Å². The fourth-order valence-electron chi connectivity index (χ4n) is 3.57. The van der Waals surface area contributed by atoms with E-state index in [2.05, 4.69) is 29.5 Å². The molecule has 1 aliphatic rings. The zero-order valence-electron chi connectivity index (χ0n) is 18.7. The molecule has 2 N–H and O–H groups in total. The van der Waals surface area contributed by atoms with Crippen molar-refractivity contribution in [2.24, 2.45) is 5.92 Å². The molecule has 0 saturated heterocycles. The van der Waals surface area contributed by atoms with Gasteiger partial charge in [-0.1, -0.05) is 38.1 Å². The van der Waals surface area contributed by atoms with Gasteiger partial charge in [0.2, 0.25) is 5.91 Å². The lowest BCUT2D eigenvalue weighted by Crippen LogP contribution is -2.46. The molecule has 2 amide bonds. The second kappa shape index (κ2) is 11.1. The van der Waals surface area contributed by atoms with Crippen molar-refractivity contribution in [3.8, 4) is 0 Å². The van der Waals surface area contributed by atoms with Gasteiger partial charge in [-0.2, -0.15) is 0 Å². The highest BCUT2D eigenvalue weighted by Gasteiger charge is 2.23. The third kappa shape index (κ3) is 6.31. The number of carbonyl (C=O) groups excluding carboxylic acids is 3. The van der Waals surface area contributed by atoms with Crippen LogP contribution in [0.15, 0.2) is 36.4 Å². The summed E-state index contributed by atoms with van der Waals surface area (Å²) in [5, 5.41) is 7.26. The minimum absolute atomic E-state index is 0.205. The second-order valence-electron chi connectivity index (χ2n) is 8.13. The summed E-state index contributed by atoms with van der Waals surface area (Å²) in [6.07, 6.45) is 8.58. The minimum Gasteiger partial charge on any atom is -0.464 e. The number of hydrogen-bond donors (Lipinski definition) is 2. The first-order chi connectivity index (χ1) is 15.4. The van der Waals surface area contributed by atoms with Gasteiger partial charge in [-0.3, -0.25) is 9.59 Å². The molecule has 5 radical (unpaired) electrons. The Morgan fingerprint density at radius 1 is 0.969 bits per heavy atom. The summed E-state index contributed by atoms with van der Waals surface area (Å²) >= 11 is 0. The highest BCUT2D eigenvalue weighted by molar-refractivity contribution is 6.00. The number of fused-ring (bicyclic) bond motifs is 1. The molecule has 1 saturated carbocycles. The first kappa shape index (κ1) is 23.8. The van der Waals surface area contributed by atoms with E-state index in [9.17, 15) is 14.4 Å². The number of amides is 2. The summed E-state index contributed by atoms with van der Waals surface area (Å²) in [4.78, 5) is 36.9. The van der Waals surface area contributed by atoms with Crippen molar-refractivity contribution in [3.63, 3.8) is 0 Å². The van der Waals surface area contributed by atoms with Gasteiger partial charge >= 0.3 is 5.97 Å². The van der Waals surface area contributed by atoms with Crippen LogP contribution in [-0.4, -0.2) is 37.0 Å². The fraction of sp³-hybridized carbons (Fsp3) is 0.308. The van der Waals surface area contributed by atoms with E-state index in [0.717, 1.165) is 22.3 Å². The molecule has 0 aromatic heterocycles. The van der Waals surface area contributed by atoms with Crippen molar-refractivity contribution in [3.05, 3.63) is 79.1 Å². The van der Waals surface area contributed by atoms with E-state index in [1.165, 1.54) is 0 Å². The zero-order chi connectivity index (χ0) is 23.1. The standard InChI is InChI=1S/C26H29N2O4/c1-4-32-26(31)23(13-17(2)3)28-24(29)16-27-25(30)22-12-11-20-14-19(9-10-21(20)15-22)18-7-5-6-8-18/h5-12,14-15,17,23H,4,13,16H2,1-3H3,(H,27,30)(H,28,29)/t23-/m0/s1. The maximum absolute atomic E-state index is 12.6. The maximum Gasteiger partial charge on any atom is 0.328 e. The molecular weight excluding hydrogens is 404 g/mol. The zero-order valence-corrected chi connectivity index (χ0v) is 18.7. The van der Waals surface area contributed by atoms with E-state index >= 15 is 0 Å². The van der Waals surface area contributed by atoms with E-state index in [-0.39, 0.29) is 25.0 Å². The highest BCUT2D eigenvalue weighted by atomic mass is 16.5. The lowest BCUT2D eigenvalue weighted by atomic mass is 9.94. The Hall–Kier alpha value is -2.89. The lowest BCUT2D eigenvalue weighted by Gasteiger charge is -2.19. The number of esters is 1. The van der Waals surface area contributed by atoms with Gasteiger partial charge in [-0.25, -0.2) is 4.79 Å². The number of hydrogen-bond acceptors (Lipinski definition) is 4. The molecule has 6 heteroatoms. The Morgan fingerprint density at radius 2 is 1.66 bits per heavy atom. The quantitative estimate of drug-likeness (QED) is 0.594. The average Bonchev–Trinajstić information content (AvgIpc) is 3.31. The van der Waals surface area contributed by atoms with Crippen molar-refractivity contribution >= 4 is 28.6 Å². The Bertz CT molecular complexity index is 963. The van der Waals surface area contributed by atoms with Gasteiger partial charge in [0.05, 0.1) is 13.2 Å². The van der Waals surface area contributed by atoms with Crippen LogP contribution >= 0.6 is 0 Å². The van der Waals surface area contributed by atoms with E-state index in [1.807, 2.05) is 44.9 Å². The summed E-state index contributed by atoms with van der Waals surface area (Å²) in [6, 6.07) is 10.8. The summed E-state index contributed by atoms with van der Waals surface area (Å²) < 4.78 is 5.03. The molecule has 6 nitrogen and oxygen atoms in total. The topological polar surface area (TPSA) is 84.5 Å². The molecular formula is C26H29N2O4. The molecule has 1 fully saturated rings. The second-order valence-corrected chi connectivity index (χ2v) is 8.13. The fourth-order valence-corrected chi connectivity index (χ4v) is 3.57. The van der Waals surface area contributed by atoms with Gasteiger partial charge in [0.25, 0.3) is 5.91 Å². The van der Waals surface area contributed by atoms with Crippen LogP contribution in [0.4, 0.5) is 0 Å². The molecule has 1 atom stereocenters. The van der Waals surface area contributed by atoms with E-state index in [4.69, 9.17) is 4.74 Å². The third-order valence-corrected chi connectivity index (χ3v) is 5.12. The van der Waals surface area contributed by atoms with Gasteiger partial charge < -0.3 is 15.4 Å². The predicted molar refractivity (Wildman–Crippen MR) is 124 cm³/mol. The molecule has 2 aromatic carbocycles. The van der Waals surface area contributed by atoms with E-state index in [1.54, 1.807) is 19.1 Å². The first-order valence-electron chi connectivity index (χ1n) is 10.9. The minimum atomic E-state index is -0.725. The van der Waals surface area contributed by atoms with Gasteiger partial charge in [0.15, 0.2) is 0 Å². The summed E-state index contributed by atoms with van der Waals surface area (Å²) in [6.45, 7) is 5.67. The van der Waals surface area contributed by atoms with Crippen LogP contribution < -0.4 is 10.6 Å². The number of rotatable bonds is 9. The van der Waals surface area contributed by atoms with Crippen molar-refractivity contribution in [1.29, 1.82) is 0 Å². The summed E-state index contributed by atoms with van der Waals surface area (Å²) in [5.74, 6) is 0.113.